The van der Waals surface area contributed by atoms with Gasteiger partial charge in [0.15, 0.2) is 0 Å². The first-order valence-electron chi connectivity index (χ1n) is 8.11. The summed E-state index contributed by atoms with van der Waals surface area (Å²) in [7, 11) is 0. The van der Waals surface area contributed by atoms with E-state index in [0.29, 0.717) is 25.4 Å². The molecule has 21 heavy (non-hydrogen) atoms. The van der Waals surface area contributed by atoms with Gasteiger partial charge >= 0.3 is 12.0 Å². The van der Waals surface area contributed by atoms with Crippen molar-refractivity contribution in [1.82, 2.24) is 15.1 Å². The highest BCUT2D eigenvalue weighted by molar-refractivity contribution is 5.82. The molecule has 6 heteroatoms. The van der Waals surface area contributed by atoms with Gasteiger partial charge in [0, 0.05) is 19.6 Å². The Morgan fingerprint density at radius 2 is 1.95 bits per heavy atom. The van der Waals surface area contributed by atoms with Crippen LogP contribution in [0, 0.1) is 5.92 Å². The molecule has 120 valence electrons. The molecule has 2 fully saturated rings. The summed E-state index contributed by atoms with van der Waals surface area (Å²) in [6, 6.07) is -0.897. The zero-order valence-corrected chi connectivity index (χ0v) is 12.9. The smallest absolute Gasteiger partial charge is 0.326 e. The lowest BCUT2D eigenvalue weighted by molar-refractivity contribution is -0.144. The Kier molecular flexibility index (Phi) is 5.85. The average Bonchev–Trinajstić information content (AvgIpc) is 2.99. The van der Waals surface area contributed by atoms with Crippen LogP contribution in [0.1, 0.15) is 39.0 Å². The summed E-state index contributed by atoms with van der Waals surface area (Å²) in [4.78, 5) is 27.4. The van der Waals surface area contributed by atoms with E-state index in [1.54, 1.807) is 0 Å². The van der Waals surface area contributed by atoms with E-state index in [4.69, 9.17) is 0 Å². The van der Waals surface area contributed by atoms with Crippen LogP contribution in [0.4, 0.5) is 4.79 Å². The summed E-state index contributed by atoms with van der Waals surface area (Å²) in [6.45, 7) is 6.29. The van der Waals surface area contributed by atoms with Crippen LogP contribution in [0.25, 0.3) is 0 Å². The van der Waals surface area contributed by atoms with E-state index in [2.05, 4.69) is 17.1 Å². The molecule has 2 unspecified atom stereocenters. The Morgan fingerprint density at radius 3 is 2.57 bits per heavy atom. The van der Waals surface area contributed by atoms with Crippen LogP contribution in [0.2, 0.25) is 0 Å². The van der Waals surface area contributed by atoms with Gasteiger partial charge in [-0.2, -0.15) is 0 Å². The minimum atomic E-state index is -0.886. The lowest BCUT2D eigenvalue weighted by atomic mass is 9.89. The first-order valence-corrected chi connectivity index (χ1v) is 8.11. The molecule has 2 saturated heterocycles. The van der Waals surface area contributed by atoms with Gasteiger partial charge in [-0.05, 0) is 44.7 Å². The summed E-state index contributed by atoms with van der Waals surface area (Å²) in [5.74, 6) is -0.470. The normalized spacial score (nSPS) is 26.8. The molecule has 2 amide bonds. The molecule has 0 aromatic rings. The largest absolute Gasteiger partial charge is 0.480 e. The average molecular weight is 297 g/mol. The number of hydrogen-bond donors (Lipinski definition) is 2. The predicted molar refractivity (Wildman–Crippen MR) is 80.2 cm³/mol. The van der Waals surface area contributed by atoms with Gasteiger partial charge < -0.3 is 20.2 Å². The molecule has 2 aliphatic rings. The van der Waals surface area contributed by atoms with Gasteiger partial charge in [-0.1, -0.05) is 13.3 Å². The van der Waals surface area contributed by atoms with Gasteiger partial charge in [0.05, 0.1) is 0 Å². The van der Waals surface area contributed by atoms with Crippen molar-refractivity contribution in [3.8, 4) is 0 Å². The number of likely N-dealkylation sites (tertiary alicyclic amines) is 2. The number of piperidine rings is 1. The number of carboxylic acids is 1. The molecule has 0 spiro atoms. The van der Waals surface area contributed by atoms with E-state index < -0.39 is 12.0 Å². The minimum absolute atomic E-state index is 0.226. The molecule has 2 atom stereocenters. The van der Waals surface area contributed by atoms with E-state index in [9.17, 15) is 14.7 Å². The van der Waals surface area contributed by atoms with Crippen molar-refractivity contribution in [2.45, 2.75) is 45.1 Å². The lowest BCUT2D eigenvalue weighted by Crippen LogP contribution is -2.54. The molecular formula is C15H27N3O3. The van der Waals surface area contributed by atoms with Crippen LogP contribution in [0.5, 0.6) is 0 Å². The molecule has 2 aliphatic heterocycles. The standard InChI is InChI=1S/C15H27N3O3/c1-2-12-5-9-18(13(11-12)14(19)20)15(21)16-6-10-17-7-3-4-8-17/h12-13H,2-11H2,1H3,(H,16,21)(H,19,20). The lowest BCUT2D eigenvalue weighted by Gasteiger charge is -2.36. The summed E-state index contributed by atoms with van der Waals surface area (Å²) in [6.07, 6.45) is 4.93. The van der Waals surface area contributed by atoms with Crippen LogP contribution in [-0.2, 0) is 4.79 Å². The third kappa shape index (κ3) is 4.33. The van der Waals surface area contributed by atoms with E-state index >= 15 is 0 Å². The molecule has 0 saturated carbocycles. The van der Waals surface area contributed by atoms with E-state index in [0.717, 1.165) is 32.5 Å². The molecule has 2 rings (SSSR count). The Hall–Kier alpha value is -1.30. The van der Waals surface area contributed by atoms with Gasteiger partial charge in [0.2, 0.25) is 0 Å². The second-order valence-corrected chi connectivity index (χ2v) is 6.13. The maximum absolute atomic E-state index is 12.2. The van der Waals surface area contributed by atoms with Crippen molar-refractivity contribution < 1.29 is 14.7 Å². The number of rotatable bonds is 5. The number of nitrogens with one attached hydrogen (secondary N) is 1. The maximum atomic E-state index is 12.2. The van der Waals surface area contributed by atoms with Gasteiger partial charge in [-0.15, -0.1) is 0 Å². The number of amides is 2. The number of carbonyl (C=O) groups is 2. The zero-order chi connectivity index (χ0) is 15.2. The number of carboxylic acid groups (broad SMARTS) is 1. The number of nitrogens with zero attached hydrogens (tertiary/aromatic N) is 2. The fourth-order valence-electron chi connectivity index (χ4n) is 3.32. The van der Waals surface area contributed by atoms with Crippen LogP contribution < -0.4 is 5.32 Å². The van der Waals surface area contributed by atoms with Gasteiger partial charge in [0.1, 0.15) is 6.04 Å². The van der Waals surface area contributed by atoms with Crippen LogP contribution >= 0.6 is 0 Å². The molecule has 2 heterocycles. The van der Waals surface area contributed by atoms with E-state index in [-0.39, 0.29) is 6.03 Å². The van der Waals surface area contributed by atoms with Gasteiger partial charge in [-0.3, -0.25) is 0 Å². The monoisotopic (exact) mass is 297 g/mol. The molecular weight excluding hydrogens is 270 g/mol. The number of aliphatic carboxylic acids is 1. The van der Waals surface area contributed by atoms with Crippen molar-refractivity contribution >= 4 is 12.0 Å². The van der Waals surface area contributed by atoms with Crippen LogP contribution in [-0.4, -0.2) is 65.7 Å². The fraction of sp³-hybridized carbons (Fsp3) is 0.867. The van der Waals surface area contributed by atoms with Crippen LogP contribution in [0.3, 0.4) is 0 Å². The number of urea groups is 1. The van der Waals surface area contributed by atoms with Crippen molar-refractivity contribution in [3.05, 3.63) is 0 Å². The Bertz CT molecular complexity index is 369. The van der Waals surface area contributed by atoms with Crippen molar-refractivity contribution in [3.63, 3.8) is 0 Å². The maximum Gasteiger partial charge on any atom is 0.326 e. The van der Waals surface area contributed by atoms with E-state index in [1.165, 1.54) is 17.7 Å². The minimum Gasteiger partial charge on any atom is -0.480 e. The predicted octanol–water partition coefficient (Wildman–Crippen LogP) is 1.37. The molecule has 0 aromatic carbocycles. The summed E-state index contributed by atoms with van der Waals surface area (Å²) in [5.41, 5.74) is 0. The van der Waals surface area contributed by atoms with Crippen molar-refractivity contribution in [2.24, 2.45) is 5.92 Å². The summed E-state index contributed by atoms with van der Waals surface area (Å²) in [5, 5.41) is 12.2. The second kappa shape index (κ2) is 7.64. The first-order chi connectivity index (χ1) is 10.1. The van der Waals surface area contributed by atoms with Crippen molar-refractivity contribution in [2.75, 3.05) is 32.7 Å². The zero-order valence-electron chi connectivity index (χ0n) is 12.9. The highest BCUT2D eigenvalue weighted by Gasteiger charge is 2.35. The summed E-state index contributed by atoms with van der Waals surface area (Å²) < 4.78 is 0. The Balaban J connectivity index is 1.80. The first kappa shape index (κ1) is 16.1. The number of carbonyl (C=O) groups excluding carboxylic acids is 1. The number of hydrogen-bond acceptors (Lipinski definition) is 3. The Morgan fingerprint density at radius 1 is 1.24 bits per heavy atom. The van der Waals surface area contributed by atoms with Crippen LogP contribution in [0.15, 0.2) is 0 Å². The molecule has 0 radical (unpaired) electrons. The van der Waals surface area contributed by atoms with Crippen molar-refractivity contribution in [1.29, 1.82) is 0 Å². The summed E-state index contributed by atoms with van der Waals surface area (Å²) >= 11 is 0. The highest BCUT2D eigenvalue weighted by atomic mass is 16.4. The van der Waals surface area contributed by atoms with Gasteiger partial charge in [0.25, 0.3) is 0 Å². The topological polar surface area (TPSA) is 72.9 Å². The molecule has 0 aliphatic carbocycles. The molecule has 6 nitrogen and oxygen atoms in total. The third-order valence-electron chi connectivity index (χ3n) is 4.74. The second-order valence-electron chi connectivity index (χ2n) is 6.13. The third-order valence-corrected chi connectivity index (χ3v) is 4.74. The quantitative estimate of drug-likeness (QED) is 0.804. The SMILES string of the molecule is CCC1CCN(C(=O)NCCN2CCCC2)C(C(=O)O)C1. The Labute approximate surface area is 126 Å². The molecule has 2 N–H and O–H groups in total. The van der Waals surface area contributed by atoms with E-state index in [1.807, 2.05) is 0 Å². The molecule has 0 aromatic heterocycles. The van der Waals surface area contributed by atoms with Gasteiger partial charge in [-0.25, -0.2) is 9.59 Å². The highest BCUT2D eigenvalue weighted by Crippen LogP contribution is 2.25. The molecule has 0 bridgehead atoms. The fourth-order valence-corrected chi connectivity index (χ4v) is 3.32.